The molecule has 2 unspecified atom stereocenters. The largest absolute Gasteiger partial charge is 0.373 e. The lowest BCUT2D eigenvalue weighted by molar-refractivity contribution is -0.0440. The summed E-state index contributed by atoms with van der Waals surface area (Å²) >= 11 is 0. The third kappa shape index (κ3) is 4.93. The zero-order chi connectivity index (χ0) is 24.7. The second-order valence-corrected chi connectivity index (χ2v) is 11.5. The number of morpholine rings is 1. The quantitative estimate of drug-likeness (QED) is 0.530. The van der Waals surface area contributed by atoms with Crippen molar-refractivity contribution in [1.29, 1.82) is 0 Å². The van der Waals surface area contributed by atoms with Gasteiger partial charge in [-0.15, -0.1) is 0 Å². The number of nitrogens with one attached hydrogen (secondary N) is 1. The van der Waals surface area contributed by atoms with Crippen molar-refractivity contribution in [3.05, 3.63) is 47.4 Å². The van der Waals surface area contributed by atoms with Crippen LogP contribution in [0.25, 0.3) is 16.9 Å². The zero-order valence-electron chi connectivity index (χ0n) is 20.1. The van der Waals surface area contributed by atoms with Gasteiger partial charge in [0.2, 0.25) is 10.0 Å². The van der Waals surface area contributed by atoms with E-state index in [-0.39, 0.29) is 30.4 Å². The number of ether oxygens (including phenoxy) is 1. The van der Waals surface area contributed by atoms with Gasteiger partial charge in [0.1, 0.15) is 0 Å². The number of hydrogen-bond donors (Lipinski definition) is 1. The van der Waals surface area contributed by atoms with Gasteiger partial charge in [0.25, 0.3) is 5.91 Å². The van der Waals surface area contributed by atoms with Gasteiger partial charge in [0, 0.05) is 37.4 Å². The smallest absolute Gasteiger partial charge is 0.252 e. The maximum absolute atomic E-state index is 13.3. The molecule has 4 heterocycles. The summed E-state index contributed by atoms with van der Waals surface area (Å²) in [5.74, 6) is 0.442. The molecule has 3 aromatic heterocycles. The fourth-order valence-electron chi connectivity index (χ4n) is 4.59. The molecule has 0 bridgehead atoms. The summed E-state index contributed by atoms with van der Waals surface area (Å²) in [4.78, 5) is 22.5. The van der Waals surface area contributed by atoms with Gasteiger partial charge in [0.05, 0.1) is 34.6 Å². The van der Waals surface area contributed by atoms with E-state index < -0.39 is 10.0 Å². The van der Waals surface area contributed by atoms with Gasteiger partial charge < -0.3 is 10.1 Å². The molecule has 5 rings (SSSR count). The van der Waals surface area contributed by atoms with E-state index in [0.29, 0.717) is 47.1 Å². The van der Waals surface area contributed by atoms with E-state index in [2.05, 4.69) is 15.4 Å². The van der Waals surface area contributed by atoms with Crippen molar-refractivity contribution in [3.63, 3.8) is 0 Å². The molecule has 1 saturated carbocycles. The lowest BCUT2D eigenvalue weighted by Gasteiger charge is -2.34. The molecule has 1 saturated heterocycles. The van der Waals surface area contributed by atoms with Crippen molar-refractivity contribution in [3.8, 4) is 5.82 Å². The molecule has 2 fully saturated rings. The molecular formula is C24H30N6O4S. The molecule has 2 atom stereocenters. The van der Waals surface area contributed by atoms with Gasteiger partial charge in [-0.05, 0) is 51.8 Å². The SMILES string of the molecule is Cc1nn(-c2ccccn2)c2nc(C3CC3)cc(C(=O)NCCS(=O)(=O)N3CC(C)OC(C)C3)c12. The van der Waals surface area contributed by atoms with Crippen LogP contribution in [0.4, 0.5) is 0 Å². The first-order valence-electron chi connectivity index (χ1n) is 12.0. The summed E-state index contributed by atoms with van der Waals surface area (Å²) in [5.41, 5.74) is 2.56. The minimum absolute atomic E-state index is 0.0112. The van der Waals surface area contributed by atoms with E-state index in [1.165, 1.54) is 4.31 Å². The van der Waals surface area contributed by atoms with Crippen LogP contribution in [-0.2, 0) is 14.8 Å². The number of aromatic nitrogens is 4. The molecule has 11 heteroatoms. The molecule has 0 aromatic carbocycles. The van der Waals surface area contributed by atoms with Crippen molar-refractivity contribution in [1.82, 2.24) is 29.4 Å². The van der Waals surface area contributed by atoms with Crippen LogP contribution in [0.1, 0.15) is 54.4 Å². The van der Waals surface area contributed by atoms with E-state index >= 15 is 0 Å². The van der Waals surface area contributed by atoms with Crippen LogP contribution in [-0.4, -0.2) is 76.0 Å². The van der Waals surface area contributed by atoms with Gasteiger partial charge in [-0.1, -0.05) is 6.07 Å². The molecule has 1 amide bonds. The lowest BCUT2D eigenvalue weighted by atomic mass is 10.1. The van der Waals surface area contributed by atoms with Crippen molar-refractivity contribution in [2.45, 2.75) is 51.7 Å². The second-order valence-electron chi connectivity index (χ2n) is 9.40. The van der Waals surface area contributed by atoms with E-state index in [4.69, 9.17) is 9.72 Å². The number of hydrogen-bond acceptors (Lipinski definition) is 7. The van der Waals surface area contributed by atoms with Gasteiger partial charge in [-0.3, -0.25) is 4.79 Å². The Morgan fingerprint density at radius 3 is 2.60 bits per heavy atom. The van der Waals surface area contributed by atoms with Crippen LogP contribution in [0.3, 0.4) is 0 Å². The molecule has 186 valence electrons. The summed E-state index contributed by atoms with van der Waals surface area (Å²) in [7, 11) is -3.52. The molecule has 10 nitrogen and oxygen atoms in total. The van der Waals surface area contributed by atoms with Crippen LogP contribution in [0.5, 0.6) is 0 Å². The molecule has 1 N–H and O–H groups in total. The summed E-state index contributed by atoms with van der Waals surface area (Å²) < 4.78 is 34.5. The fourth-order valence-corrected chi connectivity index (χ4v) is 6.08. The molecule has 2 aliphatic rings. The van der Waals surface area contributed by atoms with Crippen LogP contribution in [0.2, 0.25) is 0 Å². The Bertz CT molecular complexity index is 1340. The van der Waals surface area contributed by atoms with Crippen molar-refractivity contribution >= 4 is 27.0 Å². The highest BCUT2D eigenvalue weighted by Gasteiger charge is 2.32. The van der Waals surface area contributed by atoms with E-state index in [0.717, 1.165) is 18.5 Å². The first-order valence-corrected chi connectivity index (χ1v) is 13.6. The summed E-state index contributed by atoms with van der Waals surface area (Å²) in [5, 5.41) is 8.08. The minimum Gasteiger partial charge on any atom is -0.373 e. The van der Waals surface area contributed by atoms with E-state index in [9.17, 15) is 13.2 Å². The third-order valence-electron chi connectivity index (χ3n) is 6.36. The van der Waals surface area contributed by atoms with Crippen molar-refractivity contribution in [2.75, 3.05) is 25.4 Å². The average molecular weight is 499 g/mol. The number of nitrogens with zero attached hydrogens (tertiary/aromatic N) is 5. The molecule has 0 spiro atoms. The highest BCUT2D eigenvalue weighted by Crippen LogP contribution is 2.40. The number of carbonyl (C=O) groups is 1. The predicted molar refractivity (Wildman–Crippen MR) is 131 cm³/mol. The third-order valence-corrected chi connectivity index (χ3v) is 8.17. The Morgan fingerprint density at radius 1 is 1.20 bits per heavy atom. The second kappa shape index (κ2) is 9.29. The average Bonchev–Trinajstić information content (AvgIpc) is 3.62. The van der Waals surface area contributed by atoms with Gasteiger partial charge in [-0.25, -0.2) is 18.4 Å². The summed E-state index contributed by atoms with van der Waals surface area (Å²) in [6.07, 6.45) is 3.43. The van der Waals surface area contributed by atoms with Crippen LogP contribution < -0.4 is 5.32 Å². The maximum atomic E-state index is 13.3. The van der Waals surface area contributed by atoms with Crippen LogP contribution in [0.15, 0.2) is 30.5 Å². The molecule has 1 aliphatic carbocycles. The van der Waals surface area contributed by atoms with Crippen LogP contribution in [0, 0.1) is 6.92 Å². The highest BCUT2D eigenvalue weighted by atomic mass is 32.2. The van der Waals surface area contributed by atoms with E-state index in [1.807, 2.05) is 45.0 Å². The van der Waals surface area contributed by atoms with Gasteiger partial charge in [-0.2, -0.15) is 14.1 Å². The fraction of sp³-hybridized carbons (Fsp3) is 0.500. The molecule has 3 aromatic rings. The summed E-state index contributed by atoms with van der Waals surface area (Å²) in [6.45, 7) is 6.21. The predicted octanol–water partition coefficient (Wildman–Crippen LogP) is 2.17. The Morgan fingerprint density at radius 2 is 1.94 bits per heavy atom. The van der Waals surface area contributed by atoms with Crippen molar-refractivity contribution in [2.24, 2.45) is 0 Å². The first kappa shape index (κ1) is 23.8. The minimum atomic E-state index is -3.52. The standard InChI is InChI=1S/C24H30N6O4S/c1-15-13-29(14-16(2)34-15)35(32,33)11-10-26-24(31)19-12-20(18-7-8-18)27-23-22(19)17(3)28-30(23)21-6-4-5-9-25-21/h4-6,9,12,15-16,18H,7-8,10-11,13-14H2,1-3H3,(H,26,31). The Labute approximate surface area is 204 Å². The number of rotatable bonds is 7. The zero-order valence-corrected chi connectivity index (χ0v) is 21.0. The number of carbonyl (C=O) groups excluding carboxylic acids is 1. The number of amides is 1. The number of sulfonamides is 1. The maximum Gasteiger partial charge on any atom is 0.252 e. The Kier molecular flexibility index (Phi) is 6.32. The monoisotopic (exact) mass is 498 g/mol. The highest BCUT2D eigenvalue weighted by molar-refractivity contribution is 7.89. The van der Waals surface area contributed by atoms with Crippen LogP contribution >= 0.6 is 0 Å². The normalized spacial score (nSPS) is 21.3. The summed E-state index contributed by atoms with van der Waals surface area (Å²) in [6, 6.07) is 7.37. The number of aryl methyl sites for hydroxylation is 1. The number of fused-ring (bicyclic) bond motifs is 1. The van der Waals surface area contributed by atoms with Crippen molar-refractivity contribution < 1.29 is 17.9 Å². The van der Waals surface area contributed by atoms with Gasteiger partial charge >= 0.3 is 0 Å². The van der Waals surface area contributed by atoms with E-state index in [1.54, 1.807) is 10.9 Å². The molecule has 0 radical (unpaired) electrons. The Hall–Kier alpha value is -2.89. The number of pyridine rings is 2. The first-order chi connectivity index (χ1) is 16.7. The molecule has 35 heavy (non-hydrogen) atoms. The lowest BCUT2D eigenvalue weighted by Crippen LogP contribution is -2.49. The molecular weight excluding hydrogens is 468 g/mol. The van der Waals surface area contributed by atoms with Gasteiger partial charge in [0.15, 0.2) is 11.5 Å². The Balaban J connectivity index is 1.39. The topological polar surface area (TPSA) is 119 Å². The molecule has 1 aliphatic heterocycles.